The Hall–Kier alpha value is -4.78. The molecular weight excluding hydrogens is 710 g/mol. The molecule has 6 heteroatoms. The normalized spacial score (nSPS) is 20.6. The minimum atomic E-state index is -1.49. The summed E-state index contributed by atoms with van der Waals surface area (Å²) in [7, 11) is -2.99. The summed E-state index contributed by atoms with van der Waals surface area (Å²) in [5.74, 6) is 0. The molecule has 6 aromatic carbocycles. The predicted octanol–water partition coefficient (Wildman–Crippen LogP) is 10.6. The number of hydrogen-bond donors (Lipinski definition) is 0. The van der Waals surface area contributed by atoms with E-state index in [1.54, 1.807) is 5.56 Å². The first-order chi connectivity index (χ1) is 26.8. The molecule has 56 heavy (non-hydrogen) atoms. The van der Waals surface area contributed by atoms with Crippen LogP contribution >= 0.6 is 0 Å². The van der Waals surface area contributed by atoms with Gasteiger partial charge < -0.3 is 14.7 Å². The van der Waals surface area contributed by atoms with Gasteiger partial charge in [0.25, 0.3) is 6.71 Å². The molecule has 1 fully saturated rings. The molecule has 0 bridgehead atoms. The van der Waals surface area contributed by atoms with Crippen LogP contribution < -0.4 is 41.5 Å². The van der Waals surface area contributed by atoms with E-state index in [0.29, 0.717) is 0 Å². The Morgan fingerprint density at radius 1 is 0.554 bits per heavy atom. The molecular formula is C50H54BN3Si2. The highest BCUT2D eigenvalue weighted by Crippen LogP contribution is 2.62. The van der Waals surface area contributed by atoms with Crippen molar-refractivity contribution in [3.8, 4) is 0 Å². The molecule has 4 aliphatic rings. The number of para-hydroxylation sites is 3. The van der Waals surface area contributed by atoms with E-state index in [0.717, 1.165) is 0 Å². The molecule has 0 amide bonds. The second-order valence-corrected chi connectivity index (χ2v) is 29.5. The van der Waals surface area contributed by atoms with Gasteiger partial charge in [-0.05, 0) is 96.3 Å². The van der Waals surface area contributed by atoms with Crippen LogP contribution in [0.5, 0.6) is 0 Å². The Balaban J connectivity index is 1.30. The molecule has 0 spiro atoms. The highest BCUT2D eigenvalue weighted by Gasteiger charge is 2.61. The Morgan fingerprint density at radius 3 is 1.77 bits per heavy atom. The fraction of sp³-hybridized carbons (Fsp3) is 0.280. The molecule has 1 aliphatic carbocycles. The van der Waals surface area contributed by atoms with Gasteiger partial charge in [-0.25, -0.2) is 0 Å². The predicted molar refractivity (Wildman–Crippen MR) is 249 cm³/mol. The zero-order valence-electron chi connectivity index (χ0n) is 34.4. The van der Waals surface area contributed by atoms with Crippen molar-refractivity contribution >= 4 is 95.1 Å². The van der Waals surface area contributed by atoms with Crippen molar-refractivity contribution in [2.24, 2.45) is 0 Å². The Bertz CT molecular complexity index is 2450. The first-order valence-electron chi connectivity index (χ1n) is 20.9. The largest absolute Gasteiger partial charge is 0.335 e. The number of rotatable bonds is 6. The molecule has 2 atom stereocenters. The molecule has 0 N–H and O–H groups in total. The third-order valence-corrected chi connectivity index (χ3v) is 18.2. The fourth-order valence-corrected chi connectivity index (χ4v) is 13.2. The third-order valence-electron chi connectivity index (χ3n) is 14.1. The van der Waals surface area contributed by atoms with Crippen LogP contribution in [0.1, 0.15) is 45.1 Å². The summed E-state index contributed by atoms with van der Waals surface area (Å²) in [6.45, 7) is 20.0. The molecule has 3 nitrogen and oxygen atoms in total. The van der Waals surface area contributed by atoms with Gasteiger partial charge in [0.05, 0.1) is 27.4 Å². The summed E-state index contributed by atoms with van der Waals surface area (Å²) in [5, 5.41) is 2.97. The Kier molecular flexibility index (Phi) is 7.86. The average molecular weight is 764 g/mol. The van der Waals surface area contributed by atoms with Crippen molar-refractivity contribution in [3.63, 3.8) is 0 Å². The highest BCUT2D eigenvalue weighted by molar-refractivity contribution is 7.00. The Morgan fingerprint density at radius 2 is 1.12 bits per heavy atom. The van der Waals surface area contributed by atoms with Crippen molar-refractivity contribution in [1.82, 2.24) is 0 Å². The minimum Gasteiger partial charge on any atom is -0.335 e. The second kappa shape index (κ2) is 12.4. The van der Waals surface area contributed by atoms with Crippen LogP contribution in [0.25, 0.3) is 0 Å². The van der Waals surface area contributed by atoms with E-state index in [1.165, 1.54) is 97.9 Å². The topological polar surface area (TPSA) is 9.72 Å². The van der Waals surface area contributed by atoms with Crippen LogP contribution in [0.3, 0.4) is 0 Å². The standard InChI is InChI=1S/C50H54BN3Si2/c1-49-31-14-15-32-50(49,2)54-46-34-38(52(36-23-27-39(28-24-36)55(3,4)5)37-25-29-40(30-26-37)56(6,7)8)33-45-47(46)51(43-21-16-19-41(49)48(43)54)42-20-12-13-22-44(42)53(45)35-17-10-9-11-18-35/h9-13,16-30,33-34H,14-15,31-32H2,1-8H3. The van der Waals surface area contributed by atoms with Crippen LogP contribution in [0.15, 0.2) is 133 Å². The van der Waals surface area contributed by atoms with Crippen molar-refractivity contribution in [1.29, 1.82) is 0 Å². The van der Waals surface area contributed by atoms with E-state index in [2.05, 4.69) is 201 Å². The van der Waals surface area contributed by atoms with Gasteiger partial charge >= 0.3 is 0 Å². The summed E-state index contributed by atoms with van der Waals surface area (Å²) >= 11 is 0. The van der Waals surface area contributed by atoms with Gasteiger partial charge in [0, 0.05) is 45.2 Å². The van der Waals surface area contributed by atoms with Crippen LogP contribution in [0, 0.1) is 0 Å². The van der Waals surface area contributed by atoms with Crippen molar-refractivity contribution < 1.29 is 0 Å². The molecule has 0 aromatic heterocycles. The second-order valence-electron chi connectivity index (χ2n) is 19.4. The van der Waals surface area contributed by atoms with E-state index < -0.39 is 16.1 Å². The van der Waals surface area contributed by atoms with E-state index in [-0.39, 0.29) is 17.7 Å². The molecule has 10 rings (SSSR count). The summed E-state index contributed by atoms with van der Waals surface area (Å²) in [6, 6.07) is 51.7. The van der Waals surface area contributed by atoms with Crippen molar-refractivity contribution in [3.05, 3.63) is 139 Å². The molecule has 1 saturated carbocycles. The van der Waals surface area contributed by atoms with Gasteiger partial charge in [0.1, 0.15) is 0 Å². The smallest absolute Gasteiger partial charge is 0.252 e. The zero-order valence-corrected chi connectivity index (χ0v) is 36.4. The summed E-state index contributed by atoms with van der Waals surface area (Å²) in [5.41, 5.74) is 16.0. The quantitative estimate of drug-likeness (QED) is 0.156. The monoisotopic (exact) mass is 763 g/mol. The lowest BCUT2D eigenvalue weighted by Gasteiger charge is -2.53. The van der Waals surface area contributed by atoms with Crippen molar-refractivity contribution in [2.75, 3.05) is 14.7 Å². The zero-order chi connectivity index (χ0) is 38.8. The molecule has 280 valence electrons. The number of anilines is 8. The number of nitrogens with zero attached hydrogens (tertiary/aromatic N) is 3. The maximum Gasteiger partial charge on any atom is 0.252 e. The summed E-state index contributed by atoms with van der Waals surface area (Å²) in [6.07, 6.45) is 4.94. The summed E-state index contributed by atoms with van der Waals surface area (Å²) < 4.78 is 0. The third kappa shape index (κ3) is 5.07. The highest BCUT2D eigenvalue weighted by atomic mass is 28.3. The molecule has 0 radical (unpaired) electrons. The first-order valence-corrected chi connectivity index (χ1v) is 27.9. The summed E-state index contributed by atoms with van der Waals surface area (Å²) in [4.78, 5) is 7.95. The van der Waals surface area contributed by atoms with Crippen molar-refractivity contribution in [2.45, 2.75) is 89.8 Å². The lowest BCUT2D eigenvalue weighted by Crippen LogP contribution is -2.64. The minimum absolute atomic E-state index is 0.0433. The Labute approximate surface area is 337 Å². The fourth-order valence-electron chi connectivity index (χ4n) is 10.9. The maximum absolute atomic E-state index is 2.85. The van der Waals surface area contributed by atoms with E-state index in [1.807, 2.05) is 0 Å². The lowest BCUT2D eigenvalue weighted by molar-refractivity contribution is 0.195. The number of benzene rings is 6. The van der Waals surface area contributed by atoms with Gasteiger partial charge in [0.2, 0.25) is 0 Å². The lowest BCUT2D eigenvalue weighted by atomic mass is 9.33. The van der Waals surface area contributed by atoms with Gasteiger partial charge in [-0.2, -0.15) is 0 Å². The van der Waals surface area contributed by atoms with Crippen LogP contribution in [0.2, 0.25) is 39.3 Å². The van der Waals surface area contributed by atoms with E-state index >= 15 is 0 Å². The average Bonchev–Trinajstić information content (AvgIpc) is 3.40. The maximum atomic E-state index is 2.85. The van der Waals surface area contributed by atoms with Gasteiger partial charge in [0.15, 0.2) is 0 Å². The first kappa shape index (κ1) is 35.6. The van der Waals surface area contributed by atoms with Crippen LogP contribution in [-0.4, -0.2) is 28.4 Å². The SMILES string of the molecule is CC12CCCCC1(C)N1c3cc(N(c4ccc([Si](C)(C)C)cc4)c4ccc([Si](C)(C)C)cc4)cc4c3B(c3ccccc3N4c3ccccc3)c3cccc2c31. The van der Waals surface area contributed by atoms with Crippen LogP contribution in [-0.2, 0) is 5.41 Å². The number of hydrogen-bond acceptors (Lipinski definition) is 3. The molecule has 0 saturated heterocycles. The van der Waals surface area contributed by atoms with E-state index in [4.69, 9.17) is 0 Å². The van der Waals surface area contributed by atoms with Gasteiger partial charge in [-0.1, -0.05) is 148 Å². The molecule has 3 heterocycles. The molecule has 2 unspecified atom stereocenters. The van der Waals surface area contributed by atoms with E-state index in [9.17, 15) is 0 Å². The van der Waals surface area contributed by atoms with Crippen LogP contribution in [0.4, 0.5) is 45.5 Å². The number of fused-ring (bicyclic) bond motifs is 7. The van der Waals surface area contributed by atoms with Gasteiger partial charge in [-0.15, -0.1) is 0 Å². The molecule has 3 aliphatic heterocycles. The van der Waals surface area contributed by atoms with Gasteiger partial charge in [-0.3, -0.25) is 0 Å². The molecule has 6 aromatic rings.